The Hall–Kier alpha value is -3.40. The summed E-state index contributed by atoms with van der Waals surface area (Å²) in [6.07, 6.45) is 9.21. The van der Waals surface area contributed by atoms with Crippen LogP contribution in [-0.2, 0) is 14.5 Å². The van der Waals surface area contributed by atoms with Crippen molar-refractivity contribution in [3.8, 4) is 11.5 Å². The number of ether oxygens (including phenoxy) is 1. The van der Waals surface area contributed by atoms with Gasteiger partial charge in [0.2, 0.25) is 0 Å². The molecular weight excluding hydrogens is 426 g/mol. The van der Waals surface area contributed by atoms with Gasteiger partial charge in [-0.15, -0.1) is 0 Å². The molecule has 0 saturated heterocycles. The second-order valence-corrected chi connectivity index (χ2v) is 9.87. The average Bonchev–Trinajstić information content (AvgIpc) is 3.17. The fourth-order valence-electron chi connectivity index (χ4n) is 3.28. The van der Waals surface area contributed by atoms with Gasteiger partial charge in [0.25, 0.3) is 5.91 Å². The topological polar surface area (TPSA) is 84.2 Å². The van der Waals surface area contributed by atoms with E-state index < -0.39 is 27.3 Å². The first kappa shape index (κ1) is 20.9. The summed E-state index contributed by atoms with van der Waals surface area (Å²) in [5.74, 6) is -2.12. The molecule has 0 aliphatic carbocycles. The van der Waals surface area contributed by atoms with Gasteiger partial charge < -0.3 is 9.64 Å². The summed E-state index contributed by atoms with van der Waals surface area (Å²) in [6.45, 7) is 0. The molecule has 0 spiro atoms. The van der Waals surface area contributed by atoms with Gasteiger partial charge in [-0.1, -0.05) is 6.08 Å². The fourth-order valence-corrected chi connectivity index (χ4v) is 3.83. The number of carbonyl (C=O) groups is 1. The van der Waals surface area contributed by atoms with Crippen LogP contribution in [0.2, 0.25) is 0 Å². The zero-order valence-corrected chi connectivity index (χ0v) is 17.7. The highest BCUT2D eigenvalue weighted by Gasteiger charge is 2.35. The molecule has 2 aromatic rings. The van der Waals surface area contributed by atoms with E-state index in [0.717, 1.165) is 6.07 Å². The smallest absolute Gasteiger partial charge is 0.272 e. The second-order valence-electron chi connectivity index (χ2n) is 7.32. The second kappa shape index (κ2) is 7.69. The number of rotatable bonds is 4. The summed E-state index contributed by atoms with van der Waals surface area (Å²) in [7, 11) is -0.902. The van der Waals surface area contributed by atoms with Gasteiger partial charge in [-0.3, -0.25) is 9.79 Å². The quantitative estimate of drug-likeness (QED) is 0.716. The van der Waals surface area contributed by atoms with Gasteiger partial charge in [0.15, 0.2) is 23.1 Å². The highest BCUT2D eigenvalue weighted by molar-refractivity contribution is 7.92. The summed E-state index contributed by atoms with van der Waals surface area (Å²) < 4.78 is 49.5. The van der Waals surface area contributed by atoms with Crippen LogP contribution < -0.4 is 4.74 Å². The molecule has 1 aromatic heterocycles. The van der Waals surface area contributed by atoms with Crippen LogP contribution >= 0.6 is 0 Å². The summed E-state index contributed by atoms with van der Waals surface area (Å²) in [5, 5.41) is 0. The highest BCUT2D eigenvalue weighted by atomic mass is 32.2. The predicted molar refractivity (Wildman–Crippen MR) is 114 cm³/mol. The molecule has 0 saturated carbocycles. The number of hydrogen-bond donors (Lipinski definition) is 0. The van der Waals surface area contributed by atoms with Crippen molar-refractivity contribution in [3.05, 3.63) is 66.1 Å². The Balaban J connectivity index is 1.87. The van der Waals surface area contributed by atoms with Crippen LogP contribution in [0.25, 0.3) is 5.57 Å². The number of halogens is 2. The molecule has 7 nitrogen and oxygen atoms in total. The van der Waals surface area contributed by atoms with Crippen LogP contribution in [0.15, 0.2) is 58.3 Å². The summed E-state index contributed by atoms with van der Waals surface area (Å²) in [6, 6.07) is 4.52. The summed E-state index contributed by atoms with van der Waals surface area (Å²) >= 11 is 0. The van der Waals surface area contributed by atoms with E-state index in [0.29, 0.717) is 22.9 Å². The number of aromatic nitrogens is 1. The van der Waals surface area contributed by atoms with Crippen molar-refractivity contribution in [2.45, 2.75) is 0 Å². The van der Waals surface area contributed by atoms with Crippen molar-refractivity contribution in [1.82, 2.24) is 9.88 Å². The van der Waals surface area contributed by atoms with Gasteiger partial charge in [-0.2, -0.15) is 4.36 Å². The van der Waals surface area contributed by atoms with Crippen molar-refractivity contribution >= 4 is 32.7 Å². The maximum atomic E-state index is 14.2. The fraction of sp³-hybridized carbons (Fsp3) is 0.190. The van der Waals surface area contributed by atoms with Crippen LogP contribution in [0.3, 0.4) is 0 Å². The van der Waals surface area contributed by atoms with E-state index in [9.17, 15) is 17.8 Å². The molecule has 0 fully saturated rings. The van der Waals surface area contributed by atoms with Crippen molar-refractivity contribution in [2.75, 3.05) is 19.6 Å². The van der Waals surface area contributed by atoms with Crippen LogP contribution in [0.4, 0.5) is 14.6 Å². The minimum Gasteiger partial charge on any atom is -0.452 e. The Labute approximate surface area is 178 Å². The molecular formula is C21H18F2N4O3S. The lowest BCUT2D eigenvalue weighted by Gasteiger charge is -2.27. The Morgan fingerprint density at radius 2 is 1.97 bits per heavy atom. The predicted octanol–water partition coefficient (Wildman–Crippen LogP) is 3.91. The first-order valence-electron chi connectivity index (χ1n) is 9.16. The number of nitrogens with zero attached hydrogens (tertiary/aromatic N) is 4. The van der Waals surface area contributed by atoms with Crippen LogP contribution in [0, 0.1) is 17.6 Å². The molecule has 2 aliphatic heterocycles. The maximum absolute atomic E-state index is 14.2. The van der Waals surface area contributed by atoms with Gasteiger partial charge >= 0.3 is 0 Å². The SMILES string of the molecule is CN1C=C(c2cc(N=S(C)(C)=O)ncc2Oc2ccc(F)cc2F)C2C=CN=C2C1=O. The molecule has 1 aromatic carbocycles. The molecule has 0 radical (unpaired) electrons. The van der Waals surface area contributed by atoms with Crippen molar-refractivity contribution in [2.24, 2.45) is 15.3 Å². The molecule has 31 heavy (non-hydrogen) atoms. The average molecular weight is 444 g/mol. The molecule has 160 valence electrons. The molecule has 3 heterocycles. The number of pyridine rings is 1. The number of fused-ring (bicyclic) bond motifs is 1. The normalized spacial score (nSPS) is 17.9. The third-order valence-corrected chi connectivity index (χ3v) is 5.21. The Morgan fingerprint density at radius 3 is 2.68 bits per heavy atom. The van der Waals surface area contributed by atoms with Gasteiger partial charge in [0.1, 0.15) is 11.5 Å². The van der Waals surface area contributed by atoms with E-state index in [1.165, 1.54) is 29.7 Å². The lowest BCUT2D eigenvalue weighted by molar-refractivity contribution is -0.121. The number of hydrogen-bond acceptors (Lipinski definition) is 6. The first-order valence-corrected chi connectivity index (χ1v) is 11.5. The molecule has 4 rings (SSSR count). The molecule has 1 unspecified atom stereocenters. The largest absolute Gasteiger partial charge is 0.452 e. The third kappa shape index (κ3) is 4.24. The Kier molecular flexibility index (Phi) is 5.18. The zero-order chi connectivity index (χ0) is 22.3. The molecule has 1 atom stereocenters. The molecule has 2 aliphatic rings. The van der Waals surface area contributed by atoms with Crippen LogP contribution in [0.1, 0.15) is 5.56 Å². The van der Waals surface area contributed by atoms with Crippen LogP contribution in [0.5, 0.6) is 11.5 Å². The number of amides is 1. The number of benzene rings is 1. The molecule has 1 amide bonds. The maximum Gasteiger partial charge on any atom is 0.272 e. The van der Waals surface area contributed by atoms with Crippen molar-refractivity contribution in [3.63, 3.8) is 0 Å². The zero-order valence-electron chi connectivity index (χ0n) is 16.9. The monoisotopic (exact) mass is 444 g/mol. The Bertz CT molecular complexity index is 1300. The molecule has 10 heteroatoms. The van der Waals surface area contributed by atoms with Crippen molar-refractivity contribution in [1.29, 1.82) is 0 Å². The number of allylic oxidation sites excluding steroid dienone is 2. The third-order valence-electron chi connectivity index (χ3n) is 4.59. The van der Waals surface area contributed by atoms with E-state index in [-0.39, 0.29) is 23.2 Å². The van der Waals surface area contributed by atoms with E-state index in [4.69, 9.17) is 4.74 Å². The summed E-state index contributed by atoms with van der Waals surface area (Å²) in [4.78, 5) is 22.1. The lowest BCUT2D eigenvalue weighted by atomic mass is 9.87. The lowest BCUT2D eigenvalue weighted by Crippen LogP contribution is -2.37. The minimum absolute atomic E-state index is 0.164. The van der Waals surface area contributed by atoms with E-state index in [2.05, 4.69) is 14.3 Å². The first-order chi connectivity index (χ1) is 14.6. The van der Waals surface area contributed by atoms with E-state index in [1.54, 1.807) is 31.6 Å². The number of carbonyl (C=O) groups excluding carboxylic acids is 1. The van der Waals surface area contributed by atoms with E-state index >= 15 is 0 Å². The van der Waals surface area contributed by atoms with Gasteiger partial charge in [0.05, 0.1) is 12.1 Å². The highest BCUT2D eigenvalue weighted by Crippen LogP contribution is 2.40. The summed E-state index contributed by atoms with van der Waals surface area (Å²) in [5.41, 5.74) is 1.44. The minimum atomic E-state index is -2.50. The van der Waals surface area contributed by atoms with Crippen LogP contribution in [-0.4, -0.2) is 45.3 Å². The standard InChI is InChI=1S/C21H18F2N4O3S/c1-27-11-15(13-6-7-24-20(13)21(27)28)14-9-19(26-31(2,3)29)25-10-18(14)30-17-5-4-12(22)8-16(17)23/h4-11,13H,1-3H3. The van der Waals surface area contributed by atoms with Gasteiger partial charge in [0, 0.05) is 53.3 Å². The van der Waals surface area contributed by atoms with Crippen molar-refractivity contribution < 1.29 is 22.5 Å². The molecule has 0 bridgehead atoms. The van der Waals surface area contributed by atoms with Gasteiger partial charge in [-0.05, 0) is 23.8 Å². The van der Waals surface area contributed by atoms with Gasteiger partial charge in [-0.25, -0.2) is 18.0 Å². The van der Waals surface area contributed by atoms with E-state index in [1.807, 2.05) is 0 Å². The molecule has 0 N–H and O–H groups in total. The Morgan fingerprint density at radius 1 is 1.19 bits per heavy atom. The number of aliphatic imine (C=N–C) groups is 1.